The zero-order valence-electron chi connectivity index (χ0n) is 9.05. The Hall–Kier alpha value is -0.440. The van der Waals surface area contributed by atoms with E-state index in [2.05, 4.69) is 0 Å². The number of rotatable bonds is 2. The molecule has 0 fully saturated rings. The zero-order chi connectivity index (χ0) is 13.3. The van der Waals surface area contributed by atoms with E-state index in [-0.39, 0.29) is 6.61 Å². The van der Waals surface area contributed by atoms with E-state index in [1.54, 1.807) is 30.3 Å². The van der Waals surface area contributed by atoms with Crippen molar-refractivity contribution in [1.29, 1.82) is 0 Å². The Morgan fingerprint density at radius 1 is 0.889 bits per heavy atom. The molecule has 0 aliphatic heterocycles. The van der Waals surface area contributed by atoms with Crippen LogP contribution >= 0.6 is 46.4 Å². The van der Waals surface area contributed by atoms with Gasteiger partial charge in [0.2, 0.25) is 0 Å². The molecular weight excluding hydrogens is 314 g/mol. The van der Waals surface area contributed by atoms with Crippen molar-refractivity contribution >= 4 is 46.4 Å². The van der Waals surface area contributed by atoms with Gasteiger partial charge in [0.1, 0.15) is 0 Å². The SMILES string of the molecule is OCc1ccc(Cl)cc1-c1cc(Cl)c(Cl)c(Cl)c1. The summed E-state index contributed by atoms with van der Waals surface area (Å²) < 4.78 is 0. The molecule has 94 valence electrons. The summed E-state index contributed by atoms with van der Waals surface area (Å²) in [7, 11) is 0. The Bertz CT molecular complexity index is 573. The third kappa shape index (κ3) is 2.76. The van der Waals surface area contributed by atoms with E-state index in [0.29, 0.717) is 20.1 Å². The van der Waals surface area contributed by atoms with E-state index in [0.717, 1.165) is 16.7 Å². The lowest BCUT2D eigenvalue weighted by molar-refractivity contribution is 0.282. The lowest BCUT2D eigenvalue weighted by Crippen LogP contribution is -1.90. The number of aliphatic hydroxyl groups excluding tert-OH is 1. The average molecular weight is 322 g/mol. The quantitative estimate of drug-likeness (QED) is 0.728. The van der Waals surface area contributed by atoms with Gasteiger partial charge in [0, 0.05) is 5.02 Å². The highest BCUT2D eigenvalue weighted by Crippen LogP contribution is 2.36. The maximum atomic E-state index is 9.33. The van der Waals surface area contributed by atoms with Crippen LogP contribution in [0.3, 0.4) is 0 Å². The fourth-order valence-corrected chi connectivity index (χ4v) is 2.43. The molecule has 0 radical (unpaired) electrons. The lowest BCUT2D eigenvalue weighted by atomic mass is 10.0. The van der Waals surface area contributed by atoms with Gasteiger partial charge in [-0.15, -0.1) is 0 Å². The second kappa shape index (κ2) is 5.68. The number of halogens is 4. The van der Waals surface area contributed by atoms with Gasteiger partial charge in [0.25, 0.3) is 0 Å². The van der Waals surface area contributed by atoms with E-state index < -0.39 is 0 Å². The van der Waals surface area contributed by atoms with Gasteiger partial charge >= 0.3 is 0 Å². The van der Waals surface area contributed by atoms with Crippen LogP contribution in [-0.4, -0.2) is 5.11 Å². The highest BCUT2D eigenvalue weighted by Gasteiger charge is 2.10. The van der Waals surface area contributed by atoms with Crippen LogP contribution in [0.1, 0.15) is 5.56 Å². The first-order valence-corrected chi connectivity index (χ1v) is 6.58. The topological polar surface area (TPSA) is 20.2 Å². The molecule has 0 spiro atoms. The van der Waals surface area contributed by atoms with E-state index in [1.165, 1.54) is 0 Å². The molecule has 0 saturated carbocycles. The minimum Gasteiger partial charge on any atom is -0.392 e. The molecule has 0 heterocycles. The molecule has 2 rings (SSSR count). The minimum absolute atomic E-state index is 0.0929. The highest BCUT2D eigenvalue weighted by molar-refractivity contribution is 6.48. The predicted molar refractivity (Wildman–Crippen MR) is 77.8 cm³/mol. The minimum atomic E-state index is -0.0929. The zero-order valence-corrected chi connectivity index (χ0v) is 12.1. The van der Waals surface area contributed by atoms with Gasteiger partial charge in [-0.3, -0.25) is 0 Å². The number of hydrogen-bond donors (Lipinski definition) is 1. The summed E-state index contributed by atoms with van der Waals surface area (Å²) >= 11 is 23.8. The monoisotopic (exact) mass is 320 g/mol. The first-order chi connectivity index (χ1) is 8.52. The molecule has 1 N–H and O–H groups in total. The normalized spacial score (nSPS) is 10.7. The first-order valence-electron chi connectivity index (χ1n) is 5.07. The maximum absolute atomic E-state index is 9.33. The van der Waals surface area contributed by atoms with E-state index in [1.807, 2.05) is 0 Å². The Balaban J connectivity index is 2.65. The van der Waals surface area contributed by atoms with Crippen molar-refractivity contribution in [2.24, 2.45) is 0 Å². The molecule has 0 aliphatic carbocycles. The van der Waals surface area contributed by atoms with Crippen LogP contribution in [-0.2, 0) is 6.61 Å². The molecular formula is C13H8Cl4O. The Kier molecular flexibility index (Phi) is 4.41. The molecule has 1 nitrogen and oxygen atoms in total. The lowest BCUT2D eigenvalue weighted by Gasteiger charge is -2.10. The van der Waals surface area contributed by atoms with Crippen molar-refractivity contribution in [2.75, 3.05) is 0 Å². The van der Waals surface area contributed by atoms with Gasteiger partial charge in [-0.25, -0.2) is 0 Å². The van der Waals surface area contributed by atoms with E-state index in [4.69, 9.17) is 46.4 Å². The van der Waals surface area contributed by atoms with Crippen LogP contribution in [0, 0.1) is 0 Å². The Morgan fingerprint density at radius 3 is 2.06 bits per heavy atom. The van der Waals surface area contributed by atoms with Gasteiger partial charge in [-0.2, -0.15) is 0 Å². The molecule has 0 bridgehead atoms. The number of benzene rings is 2. The molecule has 0 unspecified atom stereocenters. The number of hydrogen-bond acceptors (Lipinski definition) is 1. The summed E-state index contributed by atoms with van der Waals surface area (Å²) in [5.74, 6) is 0. The smallest absolute Gasteiger partial charge is 0.0778 e. The summed E-state index contributed by atoms with van der Waals surface area (Å²) in [5.41, 5.74) is 2.29. The molecule has 0 saturated heterocycles. The summed E-state index contributed by atoms with van der Waals surface area (Å²) in [4.78, 5) is 0. The highest BCUT2D eigenvalue weighted by atomic mass is 35.5. The summed E-state index contributed by atoms with van der Waals surface area (Å²) in [6.45, 7) is -0.0929. The van der Waals surface area contributed by atoms with E-state index >= 15 is 0 Å². The van der Waals surface area contributed by atoms with Crippen molar-refractivity contribution in [3.8, 4) is 11.1 Å². The van der Waals surface area contributed by atoms with Crippen molar-refractivity contribution in [3.05, 3.63) is 56.0 Å². The maximum Gasteiger partial charge on any atom is 0.0778 e. The molecule has 2 aromatic carbocycles. The summed E-state index contributed by atoms with van der Waals surface area (Å²) in [6, 6.07) is 8.62. The Morgan fingerprint density at radius 2 is 1.50 bits per heavy atom. The summed E-state index contributed by atoms with van der Waals surface area (Å²) in [6.07, 6.45) is 0. The van der Waals surface area contributed by atoms with E-state index in [9.17, 15) is 5.11 Å². The first kappa shape index (κ1) is 14.0. The fourth-order valence-electron chi connectivity index (χ4n) is 1.67. The van der Waals surface area contributed by atoms with Crippen molar-refractivity contribution < 1.29 is 5.11 Å². The standard InChI is InChI=1S/C13H8Cl4O/c14-9-2-1-7(6-18)10(5-9)8-3-11(15)13(17)12(16)4-8/h1-5,18H,6H2. The van der Waals surface area contributed by atoms with Gasteiger partial charge in [-0.1, -0.05) is 52.5 Å². The van der Waals surface area contributed by atoms with Crippen LogP contribution in [0.25, 0.3) is 11.1 Å². The van der Waals surface area contributed by atoms with Crippen LogP contribution in [0.2, 0.25) is 20.1 Å². The second-order valence-corrected chi connectivity index (χ2v) is 5.34. The van der Waals surface area contributed by atoms with Gasteiger partial charge in [0.05, 0.1) is 21.7 Å². The molecule has 0 atom stereocenters. The predicted octanol–water partition coefficient (Wildman–Crippen LogP) is 5.46. The molecule has 0 aromatic heterocycles. The van der Waals surface area contributed by atoms with Crippen LogP contribution in [0.4, 0.5) is 0 Å². The van der Waals surface area contributed by atoms with Gasteiger partial charge in [-0.05, 0) is 41.0 Å². The third-order valence-electron chi connectivity index (χ3n) is 2.54. The van der Waals surface area contributed by atoms with Crippen LogP contribution in [0.15, 0.2) is 30.3 Å². The molecule has 0 aliphatic rings. The fraction of sp³-hybridized carbons (Fsp3) is 0.0769. The molecule has 5 heteroatoms. The van der Waals surface area contributed by atoms with Gasteiger partial charge < -0.3 is 5.11 Å². The van der Waals surface area contributed by atoms with Crippen molar-refractivity contribution in [1.82, 2.24) is 0 Å². The summed E-state index contributed by atoms with van der Waals surface area (Å²) in [5, 5.41) is 10.9. The molecule has 2 aromatic rings. The van der Waals surface area contributed by atoms with Crippen molar-refractivity contribution in [3.63, 3.8) is 0 Å². The third-order valence-corrected chi connectivity index (χ3v) is 3.97. The molecule has 0 amide bonds. The van der Waals surface area contributed by atoms with Crippen molar-refractivity contribution in [2.45, 2.75) is 6.61 Å². The average Bonchev–Trinajstić information content (AvgIpc) is 2.35. The largest absolute Gasteiger partial charge is 0.392 e. The molecule has 18 heavy (non-hydrogen) atoms. The van der Waals surface area contributed by atoms with Crippen LogP contribution < -0.4 is 0 Å². The second-order valence-electron chi connectivity index (χ2n) is 3.71. The number of aliphatic hydroxyl groups is 1. The Labute approximate surface area is 125 Å². The van der Waals surface area contributed by atoms with Gasteiger partial charge in [0.15, 0.2) is 0 Å². The van der Waals surface area contributed by atoms with Crippen LogP contribution in [0.5, 0.6) is 0 Å².